The first-order valence-electron chi connectivity index (χ1n) is 4.21. The van der Waals surface area contributed by atoms with Crippen LogP contribution in [0.2, 0.25) is 0 Å². The van der Waals surface area contributed by atoms with E-state index in [1.54, 1.807) is 0 Å². The zero-order valence-corrected chi connectivity index (χ0v) is 7.01. The van der Waals surface area contributed by atoms with Crippen molar-refractivity contribution < 1.29 is 0 Å². The molecule has 10 heavy (non-hydrogen) atoms. The molecule has 0 radical (unpaired) electrons. The standard InChI is InChI=1S/C8H18N2/c1-7-3-4-8(2)10(7)6-5-9/h7-8H,3-6,9H2,1-2H3/t7-,8-/m0/s1. The topological polar surface area (TPSA) is 29.3 Å². The van der Waals surface area contributed by atoms with Gasteiger partial charge in [-0.05, 0) is 26.7 Å². The van der Waals surface area contributed by atoms with Gasteiger partial charge in [0.25, 0.3) is 0 Å². The first-order valence-corrected chi connectivity index (χ1v) is 4.21. The van der Waals surface area contributed by atoms with Gasteiger partial charge in [0.05, 0.1) is 0 Å². The van der Waals surface area contributed by atoms with E-state index in [0.29, 0.717) is 0 Å². The van der Waals surface area contributed by atoms with E-state index in [1.807, 2.05) is 0 Å². The molecule has 0 aromatic rings. The quantitative estimate of drug-likeness (QED) is 0.618. The van der Waals surface area contributed by atoms with Crippen LogP contribution in [0.4, 0.5) is 0 Å². The third-order valence-corrected chi connectivity index (χ3v) is 2.52. The summed E-state index contributed by atoms with van der Waals surface area (Å²) >= 11 is 0. The maximum atomic E-state index is 5.49. The molecule has 1 heterocycles. The molecule has 0 aromatic heterocycles. The highest BCUT2D eigenvalue weighted by molar-refractivity contribution is 4.81. The summed E-state index contributed by atoms with van der Waals surface area (Å²) in [4.78, 5) is 2.50. The number of rotatable bonds is 2. The Morgan fingerprint density at radius 1 is 1.30 bits per heavy atom. The maximum Gasteiger partial charge on any atom is 0.0110 e. The van der Waals surface area contributed by atoms with Crippen LogP contribution in [0.15, 0.2) is 0 Å². The highest BCUT2D eigenvalue weighted by Crippen LogP contribution is 2.22. The molecular formula is C8H18N2. The van der Waals surface area contributed by atoms with Crippen LogP contribution in [0.25, 0.3) is 0 Å². The number of likely N-dealkylation sites (tertiary alicyclic amines) is 1. The van der Waals surface area contributed by atoms with Gasteiger partial charge in [-0.15, -0.1) is 0 Å². The molecule has 2 heteroatoms. The Morgan fingerprint density at radius 3 is 2.20 bits per heavy atom. The highest BCUT2D eigenvalue weighted by Gasteiger charge is 2.25. The van der Waals surface area contributed by atoms with Crippen molar-refractivity contribution in [2.75, 3.05) is 13.1 Å². The summed E-state index contributed by atoms with van der Waals surface area (Å²) in [6.45, 7) is 6.45. The van der Waals surface area contributed by atoms with Crippen LogP contribution in [-0.2, 0) is 0 Å². The molecular weight excluding hydrogens is 124 g/mol. The molecule has 1 aliphatic rings. The van der Waals surface area contributed by atoms with Gasteiger partial charge in [0.2, 0.25) is 0 Å². The highest BCUT2D eigenvalue weighted by atomic mass is 15.2. The Hall–Kier alpha value is -0.0800. The Balaban J connectivity index is 2.38. The summed E-state index contributed by atoms with van der Waals surface area (Å²) in [5.41, 5.74) is 5.49. The van der Waals surface area contributed by atoms with Crippen LogP contribution >= 0.6 is 0 Å². The SMILES string of the molecule is C[C@H]1CC[C@H](C)N1CCN. The van der Waals surface area contributed by atoms with Crippen LogP contribution in [0.1, 0.15) is 26.7 Å². The van der Waals surface area contributed by atoms with Crippen molar-refractivity contribution in [2.45, 2.75) is 38.8 Å². The Kier molecular flexibility index (Phi) is 2.69. The minimum atomic E-state index is 0.763. The van der Waals surface area contributed by atoms with E-state index in [9.17, 15) is 0 Å². The van der Waals surface area contributed by atoms with Crippen molar-refractivity contribution >= 4 is 0 Å². The molecule has 0 bridgehead atoms. The molecule has 1 aliphatic heterocycles. The summed E-state index contributed by atoms with van der Waals surface area (Å²) in [5, 5.41) is 0. The molecule has 0 spiro atoms. The molecule has 0 aliphatic carbocycles. The predicted octanol–water partition coefficient (Wildman–Crippen LogP) is 0.818. The van der Waals surface area contributed by atoms with Gasteiger partial charge in [-0.3, -0.25) is 4.90 Å². The van der Waals surface area contributed by atoms with E-state index in [0.717, 1.165) is 25.2 Å². The van der Waals surface area contributed by atoms with Crippen molar-refractivity contribution in [3.8, 4) is 0 Å². The van der Waals surface area contributed by atoms with Crippen LogP contribution < -0.4 is 5.73 Å². The minimum Gasteiger partial charge on any atom is -0.329 e. The average Bonchev–Trinajstić information content (AvgIpc) is 2.20. The van der Waals surface area contributed by atoms with E-state index in [2.05, 4.69) is 18.7 Å². The van der Waals surface area contributed by atoms with Gasteiger partial charge in [-0.1, -0.05) is 0 Å². The fourth-order valence-corrected chi connectivity index (χ4v) is 1.84. The summed E-state index contributed by atoms with van der Waals surface area (Å²) < 4.78 is 0. The van der Waals surface area contributed by atoms with Gasteiger partial charge < -0.3 is 5.73 Å². The third kappa shape index (κ3) is 1.50. The summed E-state index contributed by atoms with van der Waals surface area (Å²) in [6.07, 6.45) is 2.70. The van der Waals surface area contributed by atoms with Crippen molar-refractivity contribution in [1.82, 2.24) is 4.90 Å². The smallest absolute Gasteiger partial charge is 0.0110 e. The lowest BCUT2D eigenvalue weighted by atomic mass is 10.2. The van der Waals surface area contributed by atoms with Crippen LogP contribution in [0.5, 0.6) is 0 Å². The lowest BCUT2D eigenvalue weighted by Crippen LogP contribution is -2.36. The summed E-state index contributed by atoms with van der Waals surface area (Å²) in [7, 11) is 0. The number of hydrogen-bond acceptors (Lipinski definition) is 2. The van der Waals surface area contributed by atoms with Gasteiger partial charge in [0, 0.05) is 25.2 Å². The average molecular weight is 142 g/mol. The van der Waals surface area contributed by atoms with Crippen molar-refractivity contribution in [1.29, 1.82) is 0 Å². The normalized spacial score (nSPS) is 35.1. The van der Waals surface area contributed by atoms with Crippen LogP contribution in [0.3, 0.4) is 0 Å². The zero-order chi connectivity index (χ0) is 7.56. The zero-order valence-electron chi connectivity index (χ0n) is 7.01. The van der Waals surface area contributed by atoms with Gasteiger partial charge >= 0.3 is 0 Å². The molecule has 2 N–H and O–H groups in total. The van der Waals surface area contributed by atoms with Gasteiger partial charge in [-0.25, -0.2) is 0 Å². The van der Waals surface area contributed by atoms with E-state index in [1.165, 1.54) is 12.8 Å². The molecule has 1 fully saturated rings. The number of hydrogen-bond donors (Lipinski definition) is 1. The maximum absolute atomic E-state index is 5.49. The van der Waals surface area contributed by atoms with Gasteiger partial charge in [0.1, 0.15) is 0 Å². The summed E-state index contributed by atoms with van der Waals surface area (Å²) in [5.74, 6) is 0. The fraction of sp³-hybridized carbons (Fsp3) is 1.00. The van der Waals surface area contributed by atoms with E-state index >= 15 is 0 Å². The second-order valence-corrected chi connectivity index (χ2v) is 3.30. The molecule has 1 saturated heterocycles. The molecule has 2 nitrogen and oxygen atoms in total. The second-order valence-electron chi connectivity index (χ2n) is 3.30. The molecule has 1 rings (SSSR count). The predicted molar refractivity (Wildman–Crippen MR) is 43.9 cm³/mol. The number of nitrogens with zero attached hydrogens (tertiary/aromatic N) is 1. The molecule has 0 saturated carbocycles. The first kappa shape index (κ1) is 8.02. The lowest BCUT2D eigenvalue weighted by Gasteiger charge is -2.24. The molecule has 0 unspecified atom stereocenters. The van der Waals surface area contributed by atoms with E-state index in [4.69, 9.17) is 5.73 Å². The fourth-order valence-electron chi connectivity index (χ4n) is 1.84. The van der Waals surface area contributed by atoms with Crippen molar-refractivity contribution in [3.05, 3.63) is 0 Å². The largest absolute Gasteiger partial charge is 0.329 e. The first-order chi connectivity index (χ1) is 4.75. The van der Waals surface area contributed by atoms with Crippen molar-refractivity contribution in [3.63, 3.8) is 0 Å². The Labute approximate surface area is 63.4 Å². The molecule has 2 atom stereocenters. The Bertz CT molecular complexity index is 93.4. The van der Waals surface area contributed by atoms with E-state index in [-0.39, 0.29) is 0 Å². The second kappa shape index (κ2) is 3.35. The van der Waals surface area contributed by atoms with Crippen molar-refractivity contribution in [2.24, 2.45) is 5.73 Å². The van der Waals surface area contributed by atoms with Gasteiger partial charge in [0.15, 0.2) is 0 Å². The van der Waals surface area contributed by atoms with Gasteiger partial charge in [-0.2, -0.15) is 0 Å². The van der Waals surface area contributed by atoms with E-state index < -0.39 is 0 Å². The van der Waals surface area contributed by atoms with Crippen LogP contribution in [0, 0.1) is 0 Å². The minimum absolute atomic E-state index is 0.763. The lowest BCUT2D eigenvalue weighted by molar-refractivity contribution is 0.221. The monoisotopic (exact) mass is 142 g/mol. The molecule has 0 amide bonds. The number of nitrogens with two attached hydrogens (primary N) is 1. The Morgan fingerprint density at radius 2 is 1.80 bits per heavy atom. The third-order valence-electron chi connectivity index (χ3n) is 2.52. The molecule has 60 valence electrons. The van der Waals surface area contributed by atoms with Crippen LogP contribution in [-0.4, -0.2) is 30.1 Å². The molecule has 0 aromatic carbocycles. The summed E-state index contributed by atoms with van der Waals surface area (Å²) in [6, 6.07) is 1.53.